The van der Waals surface area contributed by atoms with Gasteiger partial charge in [0.25, 0.3) is 5.91 Å². The number of hydrogen-bond donors (Lipinski definition) is 1. The molecule has 2 aliphatic heterocycles. The van der Waals surface area contributed by atoms with E-state index in [1.807, 2.05) is 0 Å². The van der Waals surface area contributed by atoms with Crippen LogP contribution in [0.15, 0.2) is 24.3 Å². The van der Waals surface area contributed by atoms with Crippen LogP contribution in [0.4, 0.5) is 0 Å². The highest BCUT2D eigenvalue weighted by atomic mass is 17.3. The quantitative estimate of drug-likeness (QED) is 0.770. The summed E-state index contributed by atoms with van der Waals surface area (Å²) in [6.45, 7) is 0.904. The smallest absolute Gasteiger partial charge is 0.336 e. The first-order valence-corrected chi connectivity index (χ1v) is 10.7. The second-order valence-electron chi connectivity index (χ2n) is 9.42. The number of carboxylic acid groups (broad SMARTS) is 1. The van der Waals surface area contributed by atoms with Crippen LogP contribution < -0.4 is 0 Å². The van der Waals surface area contributed by atoms with E-state index in [2.05, 4.69) is 0 Å². The first kappa shape index (κ1) is 17.9. The second-order valence-corrected chi connectivity index (χ2v) is 9.42. The van der Waals surface area contributed by atoms with Gasteiger partial charge in [-0.05, 0) is 49.7 Å². The normalized spacial score (nSPS) is 39.0. The topological polar surface area (TPSA) is 85.3 Å². The summed E-state index contributed by atoms with van der Waals surface area (Å²) in [6.07, 6.45) is 5.89. The van der Waals surface area contributed by atoms with Gasteiger partial charge in [0.05, 0.1) is 11.1 Å². The molecule has 1 amide bonds. The van der Waals surface area contributed by atoms with E-state index in [4.69, 9.17) is 14.5 Å². The number of rotatable bonds is 2. The van der Waals surface area contributed by atoms with Crippen LogP contribution in [0, 0.1) is 23.7 Å². The third-order valence-corrected chi connectivity index (χ3v) is 7.95. The second kappa shape index (κ2) is 6.03. The summed E-state index contributed by atoms with van der Waals surface area (Å²) in [7, 11) is 0. The Morgan fingerprint density at radius 1 is 1.00 bits per heavy atom. The number of ether oxygens (including phenoxy) is 1. The standard InChI is InChI=1S/C22H25NO6/c24-19(16-3-1-2-4-17(16)20(25)26)23-7-5-21(6-8-23)27-22(29-28-21)15-10-13-9-14(12-15)18(22)11-13/h1-4,13-15,18H,5-12H2,(H,25,26). The van der Waals surface area contributed by atoms with E-state index in [0.717, 1.165) is 5.92 Å². The number of piperidine rings is 1. The highest BCUT2D eigenvalue weighted by Gasteiger charge is 2.70. The molecule has 4 bridgehead atoms. The molecule has 6 fully saturated rings. The number of aromatic carboxylic acids is 1. The molecule has 7 heteroatoms. The summed E-state index contributed by atoms with van der Waals surface area (Å²) >= 11 is 0. The van der Waals surface area contributed by atoms with E-state index in [1.165, 1.54) is 31.7 Å². The molecule has 1 aromatic rings. The van der Waals surface area contributed by atoms with Crippen LogP contribution in [-0.2, 0) is 14.5 Å². The minimum atomic E-state index is -1.09. The van der Waals surface area contributed by atoms with Gasteiger partial charge in [-0.1, -0.05) is 12.1 Å². The Morgan fingerprint density at radius 2 is 1.76 bits per heavy atom. The van der Waals surface area contributed by atoms with Crippen LogP contribution in [0.1, 0.15) is 59.2 Å². The van der Waals surface area contributed by atoms with E-state index in [-0.39, 0.29) is 17.0 Å². The van der Waals surface area contributed by atoms with E-state index < -0.39 is 17.5 Å². The van der Waals surface area contributed by atoms with Crippen LogP contribution in [0.2, 0.25) is 0 Å². The minimum absolute atomic E-state index is 0.0335. The van der Waals surface area contributed by atoms with Crippen molar-refractivity contribution < 1.29 is 29.2 Å². The maximum Gasteiger partial charge on any atom is 0.336 e. The predicted octanol–water partition coefficient (Wildman–Crippen LogP) is 3.06. The van der Waals surface area contributed by atoms with Gasteiger partial charge in [-0.3, -0.25) is 4.79 Å². The van der Waals surface area contributed by atoms with Crippen molar-refractivity contribution in [2.24, 2.45) is 23.7 Å². The molecule has 1 aromatic carbocycles. The minimum Gasteiger partial charge on any atom is -0.478 e. The van der Waals surface area contributed by atoms with Gasteiger partial charge in [0, 0.05) is 37.8 Å². The Bertz CT molecular complexity index is 874. The molecule has 2 spiro atoms. The Balaban J connectivity index is 1.17. The fraction of sp³-hybridized carbons (Fsp3) is 0.636. The van der Waals surface area contributed by atoms with Gasteiger partial charge in [0.15, 0.2) is 0 Å². The fourth-order valence-electron chi connectivity index (χ4n) is 6.70. The van der Waals surface area contributed by atoms with Gasteiger partial charge in [-0.15, -0.1) is 0 Å². The van der Waals surface area contributed by atoms with Crippen LogP contribution in [0.3, 0.4) is 0 Å². The largest absolute Gasteiger partial charge is 0.478 e. The molecule has 7 nitrogen and oxygen atoms in total. The van der Waals surface area contributed by atoms with Crippen molar-refractivity contribution >= 4 is 11.9 Å². The van der Waals surface area contributed by atoms with Crippen LogP contribution in [0.5, 0.6) is 0 Å². The zero-order valence-corrected chi connectivity index (χ0v) is 16.2. The van der Waals surface area contributed by atoms with Crippen molar-refractivity contribution in [3.8, 4) is 0 Å². The summed E-state index contributed by atoms with van der Waals surface area (Å²) < 4.78 is 6.62. The van der Waals surface area contributed by atoms with Crippen LogP contribution in [-0.4, -0.2) is 46.5 Å². The molecule has 154 valence electrons. The lowest BCUT2D eigenvalue weighted by molar-refractivity contribution is -0.370. The van der Waals surface area contributed by atoms with Gasteiger partial charge in [-0.2, -0.15) is 9.78 Å². The fourth-order valence-corrected chi connectivity index (χ4v) is 6.70. The maximum atomic E-state index is 12.9. The highest BCUT2D eigenvalue weighted by molar-refractivity contribution is 6.04. The molecule has 1 N–H and O–H groups in total. The first-order chi connectivity index (χ1) is 14.0. The average molecular weight is 399 g/mol. The first-order valence-electron chi connectivity index (χ1n) is 10.7. The van der Waals surface area contributed by atoms with Crippen molar-refractivity contribution in [2.45, 2.75) is 50.1 Å². The molecule has 4 aliphatic carbocycles. The molecule has 29 heavy (non-hydrogen) atoms. The van der Waals surface area contributed by atoms with Crippen molar-refractivity contribution in [3.63, 3.8) is 0 Å². The molecule has 2 saturated heterocycles. The zero-order chi connectivity index (χ0) is 19.8. The summed E-state index contributed by atoms with van der Waals surface area (Å²) in [5, 5.41) is 9.37. The molecule has 2 heterocycles. The maximum absolute atomic E-state index is 12.9. The van der Waals surface area contributed by atoms with E-state index in [9.17, 15) is 14.7 Å². The molecule has 0 aromatic heterocycles. The van der Waals surface area contributed by atoms with E-state index in [0.29, 0.717) is 43.7 Å². The zero-order valence-electron chi connectivity index (χ0n) is 16.2. The molecular weight excluding hydrogens is 374 g/mol. The molecule has 6 aliphatic rings. The third kappa shape index (κ3) is 2.47. The van der Waals surface area contributed by atoms with Crippen LogP contribution in [0.25, 0.3) is 0 Å². The number of nitrogens with zero attached hydrogens (tertiary/aromatic N) is 1. The summed E-state index contributed by atoms with van der Waals surface area (Å²) in [5.41, 5.74) is 0.258. The van der Waals surface area contributed by atoms with Gasteiger partial charge in [-0.25, -0.2) is 4.79 Å². The molecule has 5 unspecified atom stereocenters. The number of carboxylic acids is 1. The van der Waals surface area contributed by atoms with E-state index in [1.54, 1.807) is 23.1 Å². The molecule has 7 rings (SSSR count). The molecular formula is C22H25NO6. The predicted molar refractivity (Wildman–Crippen MR) is 99.7 cm³/mol. The van der Waals surface area contributed by atoms with E-state index >= 15 is 0 Å². The SMILES string of the molecule is O=C(O)c1ccccc1C(=O)N1CCC2(CC1)OOC1(O2)C2CC3CC(C2)C1C3. The van der Waals surface area contributed by atoms with Gasteiger partial charge in [0.2, 0.25) is 11.6 Å². The van der Waals surface area contributed by atoms with Crippen molar-refractivity contribution in [3.05, 3.63) is 35.4 Å². The van der Waals surface area contributed by atoms with Gasteiger partial charge >= 0.3 is 5.97 Å². The van der Waals surface area contributed by atoms with Crippen molar-refractivity contribution in [1.82, 2.24) is 4.90 Å². The lowest BCUT2D eigenvalue weighted by Gasteiger charge is -2.41. The number of likely N-dealkylation sites (tertiary alicyclic amines) is 1. The Morgan fingerprint density at radius 3 is 2.48 bits per heavy atom. The number of carbonyl (C=O) groups excluding carboxylic acids is 1. The number of amides is 1. The lowest BCUT2D eigenvalue weighted by atomic mass is 9.78. The Hall–Kier alpha value is -1.96. The van der Waals surface area contributed by atoms with Crippen LogP contribution >= 0.6 is 0 Å². The van der Waals surface area contributed by atoms with Gasteiger partial charge in [0.1, 0.15) is 0 Å². The van der Waals surface area contributed by atoms with Gasteiger partial charge < -0.3 is 14.7 Å². The Labute approximate surface area is 168 Å². The molecule has 4 saturated carbocycles. The highest BCUT2D eigenvalue weighted by Crippen LogP contribution is 2.67. The molecule has 5 atom stereocenters. The number of carbonyl (C=O) groups is 2. The lowest BCUT2D eigenvalue weighted by Crippen LogP contribution is -2.51. The van der Waals surface area contributed by atoms with Crippen molar-refractivity contribution in [2.75, 3.05) is 13.1 Å². The number of benzene rings is 1. The third-order valence-electron chi connectivity index (χ3n) is 7.95. The molecule has 0 radical (unpaired) electrons. The summed E-state index contributed by atoms with van der Waals surface area (Å²) in [4.78, 5) is 37.9. The number of hydrogen-bond acceptors (Lipinski definition) is 5. The Kier molecular flexibility index (Phi) is 3.71. The summed E-state index contributed by atoms with van der Waals surface area (Å²) in [6, 6.07) is 6.36. The van der Waals surface area contributed by atoms with Crippen molar-refractivity contribution in [1.29, 1.82) is 0 Å². The monoisotopic (exact) mass is 399 g/mol. The summed E-state index contributed by atoms with van der Waals surface area (Å²) in [5.74, 6) is -0.333. The average Bonchev–Trinajstić information content (AvgIpc) is 3.31.